The Hall–Kier alpha value is -8.41. The average Bonchev–Trinajstić information content (AvgIpc) is 4.13. The van der Waals surface area contributed by atoms with E-state index in [4.69, 9.17) is 29.4 Å². The summed E-state index contributed by atoms with van der Waals surface area (Å²) in [5.74, 6) is 8.60. The van der Waals surface area contributed by atoms with Crippen LogP contribution in [0.4, 0.5) is 0 Å². The molecule has 2 aliphatic heterocycles. The van der Waals surface area contributed by atoms with Gasteiger partial charge in [0, 0.05) is 119 Å². The SMILES string of the molecule is CCCC(=O)NCCNC(=O)c1cc(C#Cc2c(C(=O)OC)c3cc4nc(cc5[n-]c(cc6nc(cc2[n-]3)C(C)(C)C6)c(C(=O)OC)c5C#Cc2ccc(C(=O)O)cc2)C(C)(C)C4)cc(C(=O)NCCNC(=O)CCC)c1.[Zn+2]. The van der Waals surface area contributed by atoms with E-state index in [1.807, 2.05) is 41.5 Å². The van der Waals surface area contributed by atoms with Crippen LogP contribution in [0.1, 0.15) is 164 Å². The number of carbonyl (C=O) groups excluding carboxylic acids is 6. The third-order valence-corrected chi connectivity index (χ3v) is 12.8. The Morgan fingerprint density at radius 2 is 0.962 bits per heavy atom. The molecular weight excluding hydrogens is 1050 g/mol. The van der Waals surface area contributed by atoms with Crippen LogP contribution in [0.15, 0.2) is 66.7 Å². The molecular formula is C59H60N8O10Zn. The minimum absolute atomic E-state index is 0. The van der Waals surface area contributed by atoms with Gasteiger partial charge in [-0.3, -0.25) is 29.1 Å². The molecule has 4 amide bonds. The maximum atomic E-state index is 14.0. The number of benzene rings is 2. The molecule has 5 N–H and O–H groups in total. The maximum Gasteiger partial charge on any atom is 2.00 e. The van der Waals surface area contributed by atoms with E-state index < -0.39 is 40.6 Å². The van der Waals surface area contributed by atoms with Crippen LogP contribution in [0.3, 0.4) is 0 Å². The van der Waals surface area contributed by atoms with Gasteiger partial charge in [0.15, 0.2) is 0 Å². The molecule has 2 aromatic carbocycles. The molecule has 0 atom stereocenters. The van der Waals surface area contributed by atoms with E-state index in [1.54, 1.807) is 36.4 Å². The third kappa shape index (κ3) is 14.1. The number of fused-ring (bicyclic) bond motifs is 8. The molecule has 2 aliphatic rings. The summed E-state index contributed by atoms with van der Waals surface area (Å²) in [6, 6.07) is 17.4. The van der Waals surface area contributed by atoms with Crippen LogP contribution in [0.2, 0.25) is 0 Å². The molecule has 19 heteroatoms. The number of amides is 4. The summed E-state index contributed by atoms with van der Waals surface area (Å²) in [6.07, 6.45) is 2.83. The zero-order chi connectivity index (χ0) is 55.6. The number of ether oxygens (including phenoxy) is 2. The molecule has 0 radical (unpaired) electrons. The number of esters is 2. The first kappa shape index (κ1) is 58.8. The molecule has 7 rings (SSSR count). The van der Waals surface area contributed by atoms with E-state index in [0.717, 1.165) is 0 Å². The minimum atomic E-state index is -1.08. The van der Waals surface area contributed by atoms with Crippen molar-refractivity contribution in [2.24, 2.45) is 0 Å². The predicted octanol–water partition coefficient (Wildman–Crippen LogP) is 5.97. The number of methoxy groups -OCH3 is 2. The van der Waals surface area contributed by atoms with Crippen molar-refractivity contribution in [1.82, 2.24) is 41.2 Å². The van der Waals surface area contributed by atoms with Gasteiger partial charge in [-0.1, -0.05) is 89.5 Å². The van der Waals surface area contributed by atoms with Gasteiger partial charge in [-0.25, -0.2) is 14.4 Å². The molecule has 0 saturated heterocycles. The zero-order valence-corrected chi connectivity index (χ0v) is 48.0. The molecule has 398 valence electrons. The summed E-state index contributed by atoms with van der Waals surface area (Å²) in [4.78, 5) is 111. The summed E-state index contributed by atoms with van der Waals surface area (Å²) >= 11 is 0. The number of carboxylic acids is 1. The van der Waals surface area contributed by atoms with Crippen molar-refractivity contribution in [2.75, 3.05) is 40.4 Å². The van der Waals surface area contributed by atoms with Crippen molar-refractivity contribution in [3.05, 3.63) is 140 Å². The van der Waals surface area contributed by atoms with Crippen LogP contribution < -0.4 is 31.2 Å². The number of hydrogen-bond donors (Lipinski definition) is 5. The van der Waals surface area contributed by atoms with Crippen LogP contribution in [0.5, 0.6) is 0 Å². The van der Waals surface area contributed by atoms with E-state index in [9.17, 15) is 38.7 Å². The number of carbonyl (C=O) groups is 7. The number of aromatic carboxylic acids is 1. The van der Waals surface area contributed by atoms with Gasteiger partial charge < -0.3 is 45.8 Å². The Morgan fingerprint density at radius 3 is 1.36 bits per heavy atom. The fraction of sp³-hybridized carbons (Fsp3) is 0.339. The van der Waals surface area contributed by atoms with Gasteiger partial charge in [0.05, 0.1) is 30.9 Å². The minimum Gasteiger partial charge on any atom is -0.656 e. The number of carboxylic acid groups (broad SMARTS) is 1. The van der Waals surface area contributed by atoms with Crippen LogP contribution in [0, 0.1) is 23.7 Å². The molecule has 0 saturated carbocycles. The molecule has 0 aliphatic carbocycles. The Morgan fingerprint density at radius 1 is 0.551 bits per heavy atom. The fourth-order valence-electron chi connectivity index (χ4n) is 8.78. The van der Waals surface area contributed by atoms with Crippen molar-refractivity contribution in [3.8, 4) is 23.7 Å². The van der Waals surface area contributed by atoms with Gasteiger partial charge in [-0.15, -0.1) is 22.1 Å². The summed E-state index contributed by atoms with van der Waals surface area (Å²) in [6.45, 7) is 12.3. The van der Waals surface area contributed by atoms with Gasteiger partial charge in [-0.2, -0.15) is 0 Å². The zero-order valence-electron chi connectivity index (χ0n) is 45.0. The quantitative estimate of drug-likeness (QED) is 0.0350. The monoisotopic (exact) mass is 1100 g/mol. The third-order valence-electron chi connectivity index (χ3n) is 12.8. The van der Waals surface area contributed by atoms with Crippen molar-refractivity contribution in [2.45, 2.75) is 90.9 Å². The Bertz CT molecular complexity index is 3440. The number of nitrogens with one attached hydrogen (secondary N) is 4. The predicted molar refractivity (Wildman–Crippen MR) is 287 cm³/mol. The second-order valence-corrected chi connectivity index (χ2v) is 19.8. The van der Waals surface area contributed by atoms with Crippen LogP contribution >= 0.6 is 0 Å². The van der Waals surface area contributed by atoms with Gasteiger partial charge >= 0.3 is 37.4 Å². The molecule has 0 unspecified atom stereocenters. The molecule has 3 aromatic heterocycles. The molecule has 8 bridgehead atoms. The summed E-state index contributed by atoms with van der Waals surface area (Å²) in [7, 11) is 2.52. The first-order valence-corrected chi connectivity index (χ1v) is 25.2. The topological polar surface area (TPSA) is 260 Å². The normalized spacial score (nSPS) is 12.7. The largest absolute Gasteiger partial charge is 2.00 e. The molecule has 5 heterocycles. The molecule has 5 aromatic rings. The fourth-order valence-corrected chi connectivity index (χ4v) is 8.78. The van der Waals surface area contributed by atoms with Crippen molar-refractivity contribution in [3.63, 3.8) is 0 Å². The Balaban J connectivity index is 0.00000984. The first-order chi connectivity index (χ1) is 36.7. The molecule has 0 fully saturated rings. The Labute approximate surface area is 464 Å². The molecule has 78 heavy (non-hydrogen) atoms. The summed E-state index contributed by atoms with van der Waals surface area (Å²) in [5.41, 5.74) is 3.76. The second kappa shape index (κ2) is 25.6. The van der Waals surface area contributed by atoms with Gasteiger partial charge in [-0.05, 0) is 55.3 Å². The van der Waals surface area contributed by atoms with E-state index in [1.165, 1.54) is 44.6 Å². The average molecular weight is 1110 g/mol. The first-order valence-electron chi connectivity index (χ1n) is 25.2. The van der Waals surface area contributed by atoms with Crippen molar-refractivity contribution >= 4 is 63.6 Å². The number of aromatic nitrogens is 4. The smallest absolute Gasteiger partial charge is 0.656 e. The van der Waals surface area contributed by atoms with E-state index in [2.05, 4.69) is 44.9 Å². The number of nitrogens with zero attached hydrogens (tertiary/aromatic N) is 4. The molecule has 18 nitrogen and oxygen atoms in total. The maximum absolute atomic E-state index is 14.0. The van der Waals surface area contributed by atoms with Gasteiger partial charge in [0.25, 0.3) is 11.8 Å². The van der Waals surface area contributed by atoms with E-state index >= 15 is 0 Å². The number of rotatable bonds is 15. The second-order valence-electron chi connectivity index (χ2n) is 19.8. The number of hydrogen-bond acceptors (Lipinski definition) is 11. The Kier molecular flexibility index (Phi) is 19.3. The summed E-state index contributed by atoms with van der Waals surface area (Å²) < 4.78 is 10.7. The summed E-state index contributed by atoms with van der Waals surface area (Å²) in [5, 5.41) is 20.5. The van der Waals surface area contributed by atoms with E-state index in [-0.39, 0.29) is 119 Å². The van der Waals surface area contributed by atoms with Crippen molar-refractivity contribution in [1.29, 1.82) is 0 Å². The molecule has 0 spiro atoms. The van der Waals surface area contributed by atoms with Crippen molar-refractivity contribution < 1.29 is 67.6 Å². The van der Waals surface area contributed by atoms with Crippen LogP contribution in [0.25, 0.3) is 22.1 Å². The van der Waals surface area contributed by atoms with Crippen LogP contribution in [-0.4, -0.2) is 97.0 Å². The standard InChI is InChI=1S/C59H62N8O10.Zn/c1-9-11-49(68)60-21-23-62-53(70)37-25-35(26-38(27-37)54(71)63-24-22-61-50(69)12-10-2)16-20-42-44-31-48-59(5,6)32-39(65-48)28-45-51(56(74)76-7)41(19-15-34-13-17-36(18-14-34)55(72)73)43(66-45)30-47-58(3,4)33-40(64-47)29-46(67-44)52(42)57(75)77-8;/h13-14,17-18,25-31H,9-12,21-24,32-33H2,1-8H3,(H7,60,61,62,63,64,65,66,67,68,69,70,71,72,73,74,75);/q;+2/p-2. The van der Waals surface area contributed by atoms with Crippen LogP contribution in [-0.2, 0) is 62.2 Å². The van der Waals surface area contributed by atoms with Gasteiger partial charge in [0.1, 0.15) is 0 Å². The van der Waals surface area contributed by atoms with E-state index in [0.29, 0.717) is 72.4 Å². The van der Waals surface area contributed by atoms with Gasteiger partial charge in [0.2, 0.25) is 11.8 Å².